The predicted molar refractivity (Wildman–Crippen MR) is 87.8 cm³/mol. The molecule has 0 atom stereocenters. The van der Waals surface area contributed by atoms with E-state index in [0.29, 0.717) is 5.92 Å². The van der Waals surface area contributed by atoms with Crippen molar-refractivity contribution in [1.82, 2.24) is 14.3 Å². The van der Waals surface area contributed by atoms with Crippen molar-refractivity contribution < 1.29 is 0 Å². The van der Waals surface area contributed by atoms with E-state index in [0.717, 1.165) is 37.0 Å². The molecule has 0 radical (unpaired) electrons. The van der Waals surface area contributed by atoms with Crippen molar-refractivity contribution in [3.8, 4) is 0 Å². The number of hydrogen-bond acceptors (Lipinski definition) is 5. The van der Waals surface area contributed by atoms with Crippen LogP contribution in [0.5, 0.6) is 0 Å². The van der Waals surface area contributed by atoms with Gasteiger partial charge in [-0.05, 0) is 38.4 Å². The van der Waals surface area contributed by atoms with Gasteiger partial charge in [-0.1, -0.05) is 30.3 Å². The zero-order valence-electron chi connectivity index (χ0n) is 12.5. The van der Waals surface area contributed by atoms with E-state index in [-0.39, 0.29) is 0 Å². The topological polar surface area (TPSA) is 41.0 Å². The molecule has 1 N–H and O–H groups in total. The summed E-state index contributed by atoms with van der Waals surface area (Å²) in [4.78, 5) is 6.89. The second-order valence-corrected chi connectivity index (χ2v) is 6.49. The molecule has 0 amide bonds. The lowest BCUT2D eigenvalue weighted by atomic mass is 10.2. The molecule has 21 heavy (non-hydrogen) atoms. The average molecular weight is 302 g/mol. The molecule has 1 fully saturated rings. The molecule has 0 unspecified atom stereocenters. The fourth-order valence-electron chi connectivity index (χ4n) is 2.33. The molecule has 2 aromatic rings. The number of rotatable bonds is 8. The van der Waals surface area contributed by atoms with Crippen LogP contribution in [0, 0.1) is 0 Å². The lowest BCUT2D eigenvalue weighted by Gasteiger charge is -2.16. The molecule has 0 aliphatic heterocycles. The summed E-state index contributed by atoms with van der Waals surface area (Å²) in [6.07, 6.45) is 3.64. The van der Waals surface area contributed by atoms with Crippen LogP contribution in [0.15, 0.2) is 30.3 Å². The minimum Gasteiger partial charge on any atom is -0.360 e. The molecule has 112 valence electrons. The van der Waals surface area contributed by atoms with Crippen molar-refractivity contribution in [3.63, 3.8) is 0 Å². The first-order chi connectivity index (χ1) is 10.3. The number of nitrogens with one attached hydrogen (secondary N) is 1. The third kappa shape index (κ3) is 4.51. The second kappa shape index (κ2) is 7.00. The molecule has 3 rings (SSSR count). The summed E-state index contributed by atoms with van der Waals surface area (Å²) in [5, 5.41) is 4.36. The van der Waals surface area contributed by atoms with Crippen molar-refractivity contribution in [2.24, 2.45) is 0 Å². The fraction of sp³-hybridized carbons (Fsp3) is 0.500. The van der Waals surface area contributed by atoms with Crippen molar-refractivity contribution in [2.75, 3.05) is 25.5 Å². The highest BCUT2D eigenvalue weighted by atomic mass is 32.1. The van der Waals surface area contributed by atoms with E-state index in [4.69, 9.17) is 0 Å². The van der Waals surface area contributed by atoms with Gasteiger partial charge in [-0.2, -0.15) is 4.37 Å². The molecule has 1 aromatic carbocycles. The number of nitrogens with zero attached hydrogens (tertiary/aromatic N) is 3. The van der Waals surface area contributed by atoms with Gasteiger partial charge in [-0.3, -0.25) is 0 Å². The maximum absolute atomic E-state index is 4.54. The quantitative estimate of drug-likeness (QED) is 0.759. The lowest BCUT2D eigenvalue weighted by molar-refractivity contribution is 0.325. The molecular formula is C16H22N4S. The van der Waals surface area contributed by atoms with Gasteiger partial charge in [0.05, 0.1) is 0 Å². The highest BCUT2D eigenvalue weighted by Crippen LogP contribution is 2.39. The van der Waals surface area contributed by atoms with E-state index in [1.165, 1.54) is 29.9 Å². The maximum atomic E-state index is 4.54. The van der Waals surface area contributed by atoms with Crippen LogP contribution in [0.2, 0.25) is 0 Å². The Morgan fingerprint density at radius 1 is 1.29 bits per heavy atom. The van der Waals surface area contributed by atoms with Crippen LogP contribution in [0.3, 0.4) is 0 Å². The Labute approximate surface area is 130 Å². The molecule has 4 nitrogen and oxygen atoms in total. The SMILES string of the molecule is CN(CCCNc1nc(C2CC2)ns1)Cc1ccccc1. The maximum Gasteiger partial charge on any atom is 0.202 e. The average Bonchev–Trinajstić information content (AvgIpc) is 3.24. The molecule has 1 aliphatic rings. The van der Waals surface area contributed by atoms with Crippen molar-refractivity contribution in [1.29, 1.82) is 0 Å². The van der Waals surface area contributed by atoms with Crippen LogP contribution in [0.4, 0.5) is 5.13 Å². The molecule has 1 heterocycles. The Balaban J connectivity index is 1.33. The molecule has 5 heteroatoms. The zero-order valence-corrected chi connectivity index (χ0v) is 13.3. The van der Waals surface area contributed by atoms with E-state index in [9.17, 15) is 0 Å². The van der Waals surface area contributed by atoms with Gasteiger partial charge in [0, 0.05) is 30.5 Å². The minimum absolute atomic E-state index is 0.647. The molecule has 0 spiro atoms. The fourth-order valence-corrected chi connectivity index (χ4v) is 3.00. The first-order valence-electron chi connectivity index (χ1n) is 7.61. The van der Waals surface area contributed by atoms with Crippen LogP contribution >= 0.6 is 11.5 Å². The van der Waals surface area contributed by atoms with E-state index in [1.54, 1.807) is 0 Å². The molecule has 1 aliphatic carbocycles. The highest BCUT2D eigenvalue weighted by molar-refractivity contribution is 7.09. The standard InChI is InChI=1S/C16H22N4S/c1-20(12-13-6-3-2-4-7-13)11-5-10-17-16-18-15(19-21-16)14-8-9-14/h2-4,6-7,14H,5,8-12H2,1H3,(H,17,18,19). The molecule has 1 saturated carbocycles. The minimum atomic E-state index is 0.647. The smallest absolute Gasteiger partial charge is 0.202 e. The Hall–Kier alpha value is -1.46. The third-order valence-electron chi connectivity index (χ3n) is 3.67. The van der Waals surface area contributed by atoms with Crippen LogP contribution < -0.4 is 5.32 Å². The highest BCUT2D eigenvalue weighted by Gasteiger charge is 2.27. The first kappa shape index (κ1) is 14.5. The van der Waals surface area contributed by atoms with Gasteiger partial charge >= 0.3 is 0 Å². The Kier molecular flexibility index (Phi) is 4.83. The van der Waals surface area contributed by atoms with Crippen LogP contribution in [0.25, 0.3) is 0 Å². The second-order valence-electron chi connectivity index (χ2n) is 5.74. The van der Waals surface area contributed by atoms with E-state index < -0.39 is 0 Å². The summed E-state index contributed by atoms with van der Waals surface area (Å²) in [5.41, 5.74) is 1.37. The van der Waals surface area contributed by atoms with Crippen LogP contribution in [-0.4, -0.2) is 34.4 Å². The summed E-state index contributed by atoms with van der Waals surface area (Å²) in [6, 6.07) is 10.6. The number of benzene rings is 1. The van der Waals surface area contributed by atoms with Gasteiger partial charge in [0.1, 0.15) is 5.82 Å². The first-order valence-corrected chi connectivity index (χ1v) is 8.38. The largest absolute Gasteiger partial charge is 0.360 e. The van der Waals surface area contributed by atoms with Crippen molar-refractivity contribution in [2.45, 2.75) is 31.7 Å². The normalized spacial score (nSPS) is 14.6. The summed E-state index contributed by atoms with van der Waals surface area (Å²) in [5.74, 6) is 1.69. The molecule has 1 aromatic heterocycles. The van der Waals surface area contributed by atoms with E-state index >= 15 is 0 Å². The third-order valence-corrected chi connectivity index (χ3v) is 4.36. The monoisotopic (exact) mass is 302 g/mol. The van der Waals surface area contributed by atoms with E-state index in [2.05, 4.69) is 57.0 Å². The van der Waals surface area contributed by atoms with Gasteiger partial charge < -0.3 is 10.2 Å². The lowest BCUT2D eigenvalue weighted by Crippen LogP contribution is -2.21. The Morgan fingerprint density at radius 2 is 2.10 bits per heavy atom. The Bertz CT molecular complexity index is 550. The number of anilines is 1. The number of hydrogen-bond donors (Lipinski definition) is 1. The zero-order chi connectivity index (χ0) is 14.5. The van der Waals surface area contributed by atoms with Gasteiger partial charge in [-0.15, -0.1) is 0 Å². The predicted octanol–water partition coefficient (Wildman–Crippen LogP) is 3.35. The van der Waals surface area contributed by atoms with Crippen LogP contribution in [-0.2, 0) is 6.54 Å². The van der Waals surface area contributed by atoms with Gasteiger partial charge in [0.15, 0.2) is 0 Å². The summed E-state index contributed by atoms with van der Waals surface area (Å²) < 4.78 is 4.41. The summed E-state index contributed by atoms with van der Waals surface area (Å²) >= 11 is 1.49. The molecule has 0 bridgehead atoms. The molecular weight excluding hydrogens is 280 g/mol. The van der Waals surface area contributed by atoms with E-state index in [1.807, 2.05) is 0 Å². The van der Waals surface area contributed by atoms with Crippen LogP contribution in [0.1, 0.15) is 36.6 Å². The van der Waals surface area contributed by atoms with Crippen molar-refractivity contribution in [3.05, 3.63) is 41.7 Å². The van der Waals surface area contributed by atoms with Gasteiger partial charge in [0.25, 0.3) is 0 Å². The summed E-state index contributed by atoms with van der Waals surface area (Å²) in [6.45, 7) is 3.04. The van der Waals surface area contributed by atoms with Crippen molar-refractivity contribution >= 4 is 16.7 Å². The molecule has 0 saturated heterocycles. The van der Waals surface area contributed by atoms with Gasteiger partial charge in [-0.25, -0.2) is 4.98 Å². The number of aromatic nitrogens is 2. The Morgan fingerprint density at radius 3 is 2.86 bits per heavy atom. The summed E-state index contributed by atoms with van der Waals surface area (Å²) in [7, 11) is 2.17. The van der Waals surface area contributed by atoms with Gasteiger partial charge in [0.2, 0.25) is 5.13 Å².